The number of hydrazone groups is 1. The van der Waals surface area contributed by atoms with Crippen LogP contribution in [0, 0.1) is 0 Å². The van der Waals surface area contributed by atoms with Gasteiger partial charge in [0.15, 0.2) is 5.84 Å². The Hall–Kier alpha value is -3.02. The number of carbonyl (C=O) groups is 1. The molecule has 0 bridgehead atoms. The molecule has 142 valence electrons. The smallest absolute Gasteiger partial charge is 0.265 e. The van der Waals surface area contributed by atoms with Gasteiger partial charge in [-0.25, -0.2) is 4.99 Å². The normalized spacial score (nSPS) is 15.4. The Labute approximate surface area is 182 Å². The van der Waals surface area contributed by atoms with Crippen molar-refractivity contribution < 1.29 is 4.79 Å². The van der Waals surface area contributed by atoms with Gasteiger partial charge in [-0.15, -0.1) is 0 Å². The molecule has 0 saturated heterocycles. The van der Waals surface area contributed by atoms with E-state index in [1.165, 1.54) is 5.01 Å². The van der Waals surface area contributed by atoms with Gasteiger partial charge in [0.2, 0.25) is 0 Å². The van der Waals surface area contributed by atoms with E-state index in [0.29, 0.717) is 10.9 Å². The molecule has 0 aliphatic carbocycles. The van der Waals surface area contributed by atoms with Gasteiger partial charge in [-0.2, -0.15) is 10.1 Å². The SMILES string of the molecule is O=C1/C(=C\c2ccccc2Cl)N=C(c2ccccc2)N1/N=C/c1ccccc1Br. The minimum atomic E-state index is -0.313. The second-order valence-corrected chi connectivity index (χ2v) is 7.50. The fourth-order valence-corrected chi connectivity index (χ4v) is 3.41. The predicted octanol–water partition coefficient (Wildman–Crippen LogP) is 5.77. The molecule has 29 heavy (non-hydrogen) atoms. The van der Waals surface area contributed by atoms with Crippen LogP contribution in [0.25, 0.3) is 6.08 Å². The number of halogens is 2. The summed E-state index contributed by atoms with van der Waals surface area (Å²) in [7, 11) is 0. The fraction of sp³-hybridized carbons (Fsp3) is 0. The van der Waals surface area contributed by atoms with Gasteiger partial charge in [0.1, 0.15) is 5.70 Å². The summed E-state index contributed by atoms with van der Waals surface area (Å²) < 4.78 is 0.889. The lowest BCUT2D eigenvalue weighted by Crippen LogP contribution is -2.27. The number of benzene rings is 3. The van der Waals surface area contributed by atoms with E-state index < -0.39 is 0 Å². The first-order chi connectivity index (χ1) is 14.1. The molecule has 0 radical (unpaired) electrons. The second-order valence-electron chi connectivity index (χ2n) is 6.24. The van der Waals surface area contributed by atoms with E-state index >= 15 is 0 Å². The van der Waals surface area contributed by atoms with E-state index in [1.807, 2.05) is 72.8 Å². The first-order valence-electron chi connectivity index (χ1n) is 8.87. The highest BCUT2D eigenvalue weighted by Gasteiger charge is 2.31. The van der Waals surface area contributed by atoms with Crippen molar-refractivity contribution in [3.05, 3.63) is 111 Å². The number of nitrogens with zero attached hydrogens (tertiary/aromatic N) is 3. The summed E-state index contributed by atoms with van der Waals surface area (Å²) in [4.78, 5) is 17.6. The van der Waals surface area contributed by atoms with E-state index in [1.54, 1.807) is 18.4 Å². The quantitative estimate of drug-likeness (QED) is 0.357. The molecule has 0 aromatic heterocycles. The van der Waals surface area contributed by atoms with Crippen LogP contribution in [0.4, 0.5) is 0 Å². The Balaban J connectivity index is 1.76. The van der Waals surface area contributed by atoms with Crippen molar-refractivity contribution in [2.24, 2.45) is 10.1 Å². The number of aliphatic imine (C=N–C) groups is 1. The zero-order chi connectivity index (χ0) is 20.2. The van der Waals surface area contributed by atoms with Crippen molar-refractivity contribution >= 4 is 51.6 Å². The Morgan fingerprint density at radius 3 is 2.28 bits per heavy atom. The summed E-state index contributed by atoms with van der Waals surface area (Å²) >= 11 is 9.74. The molecule has 0 saturated carbocycles. The van der Waals surface area contributed by atoms with Gasteiger partial charge in [-0.05, 0) is 23.8 Å². The van der Waals surface area contributed by atoms with Crippen LogP contribution in [0.5, 0.6) is 0 Å². The minimum Gasteiger partial charge on any atom is -0.265 e. The van der Waals surface area contributed by atoms with Crippen LogP contribution >= 0.6 is 27.5 Å². The van der Waals surface area contributed by atoms with Crippen LogP contribution in [0.1, 0.15) is 16.7 Å². The molecule has 1 aliphatic heterocycles. The van der Waals surface area contributed by atoms with Gasteiger partial charge in [-0.3, -0.25) is 4.79 Å². The van der Waals surface area contributed by atoms with E-state index in [4.69, 9.17) is 11.6 Å². The van der Waals surface area contributed by atoms with Crippen molar-refractivity contribution in [3.8, 4) is 0 Å². The van der Waals surface area contributed by atoms with Crippen LogP contribution in [0.3, 0.4) is 0 Å². The maximum absolute atomic E-state index is 13.1. The standard InChI is InChI=1S/C23H15BrClN3O/c24-19-12-6-4-11-18(19)15-26-28-22(16-8-2-1-3-9-16)27-21(23(28)29)14-17-10-5-7-13-20(17)25/h1-15H/b21-14+,26-15+. The summed E-state index contributed by atoms with van der Waals surface area (Å²) in [6, 6.07) is 24.5. The molecule has 1 aliphatic rings. The number of amides is 1. The topological polar surface area (TPSA) is 45.0 Å². The van der Waals surface area contributed by atoms with Gasteiger partial charge in [0, 0.05) is 20.6 Å². The molecular weight excluding hydrogens is 450 g/mol. The van der Waals surface area contributed by atoms with Gasteiger partial charge < -0.3 is 0 Å². The molecule has 4 rings (SSSR count). The molecule has 0 fully saturated rings. The molecule has 0 N–H and O–H groups in total. The summed E-state index contributed by atoms with van der Waals surface area (Å²) in [6.07, 6.45) is 3.32. The Bertz CT molecular complexity index is 1160. The van der Waals surface area contributed by atoms with E-state index in [9.17, 15) is 4.79 Å². The first-order valence-corrected chi connectivity index (χ1v) is 10.0. The van der Waals surface area contributed by atoms with E-state index in [-0.39, 0.29) is 11.6 Å². The molecule has 1 heterocycles. The monoisotopic (exact) mass is 463 g/mol. The van der Waals surface area contributed by atoms with Crippen LogP contribution < -0.4 is 0 Å². The third-order valence-electron chi connectivity index (χ3n) is 4.29. The summed E-state index contributed by atoms with van der Waals surface area (Å²) in [6.45, 7) is 0. The number of hydrogen-bond donors (Lipinski definition) is 0. The maximum Gasteiger partial charge on any atom is 0.298 e. The third kappa shape index (κ3) is 4.21. The number of amidine groups is 1. The molecule has 4 nitrogen and oxygen atoms in total. The van der Waals surface area contributed by atoms with Crippen LogP contribution in [0.15, 0.2) is 99.1 Å². The van der Waals surface area contributed by atoms with E-state index in [0.717, 1.165) is 21.2 Å². The van der Waals surface area contributed by atoms with Crippen molar-refractivity contribution in [1.82, 2.24) is 5.01 Å². The summed E-state index contributed by atoms with van der Waals surface area (Å²) in [5.74, 6) is 0.157. The van der Waals surface area contributed by atoms with Crippen molar-refractivity contribution in [3.63, 3.8) is 0 Å². The lowest BCUT2D eigenvalue weighted by Gasteiger charge is -2.12. The maximum atomic E-state index is 13.1. The molecule has 1 amide bonds. The average molecular weight is 465 g/mol. The molecule has 3 aromatic rings. The van der Waals surface area contributed by atoms with Gasteiger partial charge in [0.25, 0.3) is 5.91 Å². The zero-order valence-electron chi connectivity index (χ0n) is 15.2. The molecule has 3 aromatic carbocycles. The Morgan fingerprint density at radius 1 is 0.897 bits per heavy atom. The van der Waals surface area contributed by atoms with Crippen molar-refractivity contribution in [2.45, 2.75) is 0 Å². The highest BCUT2D eigenvalue weighted by molar-refractivity contribution is 9.10. The van der Waals surface area contributed by atoms with Crippen LogP contribution in [-0.2, 0) is 4.79 Å². The Morgan fingerprint density at radius 2 is 1.55 bits per heavy atom. The zero-order valence-corrected chi connectivity index (χ0v) is 17.5. The highest BCUT2D eigenvalue weighted by Crippen LogP contribution is 2.25. The van der Waals surface area contributed by atoms with Gasteiger partial charge >= 0.3 is 0 Å². The number of hydrogen-bond acceptors (Lipinski definition) is 3. The first kappa shape index (κ1) is 19.3. The Kier molecular flexibility index (Phi) is 5.69. The molecule has 0 unspecified atom stereocenters. The molecule has 0 spiro atoms. The lowest BCUT2D eigenvalue weighted by molar-refractivity contribution is -0.122. The van der Waals surface area contributed by atoms with Crippen molar-refractivity contribution in [1.29, 1.82) is 0 Å². The van der Waals surface area contributed by atoms with Crippen LogP contribution in [0.2, 0.25) is 5.02 Å². The molecule has 6 heteroatoms. The largest absolute Gasteiger partial charge is 0.298 e. The predicted molar refractivity (Wildman–Crippen MR) is 121 cm³/mol. The summed E-state index contributed by atoms with van der Waals surface area (Å²) in [5.41, 5.74) is 2.66. The van der Waals surface area contributed by atoms with E-state index in [2.05, 4.69) is 26.0 Å². The fourth-order valence-electron chi connectivity index (χ4n) is 2.83. The molecular formula is C23H15BrClN3O. The lowest BCUT2D eigenvalue weighted by atomic mass is 10.2. The average Bonchev–Trinajstić information content (AvgIpc) is 3.05. The number of rotatable bonds is 4. The second kappa shape index (κ2) is 8.55. The summed E-state index contributed by atoms with van der Waals surface area (Å²) in [5, 5.41) is 6.30. The van der Waals surface area contributed by atoms with Gasteiger partial charge in [0.05, 0.1) is 6.21 Å². The van der Waals surface area contributed by atoms with Crippen molar-refractivity contribution in [2.75, 3.05) is 0 Å². The minimum absolute atomic E-state index is 0.279. The third-order valence-corrected chi connectivity index (χ3v) is 5.35. The number of carbonyl (C=O) groups excluding carboxylic acids is 1. The molecule has 0 atom stereocenters. The van der Waals surface area contributed by atoms with Crippen LogP contribution in [-0.4, -0.2) is 23.0 Å². The highest BCUT2D eigenvalue weighted by atomic mass is 79.9. The van der Waals surface area contributed by atoms with Gasteiger partial charge in [-0.1, -0.05) is 94.3 Å².